The summed E-state index contributed by atoms with van der Waals surface area (Å²) < 4.78 is 60.0. The van der Waals surface area contributed by atoms with Gasteiger partial charge in [0.25, 0.3) is 6.43 Å². The summed E-state index contributed by atoms with van der Waals surface area (Å²) >= 11 is 6.24. The molecule has 32 heavy (non-hydrogen) atoms. The largest absolute Gasteiger partial charge is 0.358 e. The van der Waals surface area contributed by atoms with Crippen molar-refractivity contribution >= 4 is 49.9 Å². The predicted octanol–water partition coefficient (Wildman–Crippen LogP) is 4.86. The number of alkyl halides is 2. The number of sulfonamides is 1. The van der Waals surface area contributed by atoms with E-state index in [9.17, 15) is 17.2 Å². The Morgan fingerprint density at radius 2 is 2.00 bits per heavy atom. The van der Waals surface area contributed by atoms with Gasteiger partial charge in [0.05, 0.1) is 23.3 Å². The predicted molar refractivity (Wildman–Crippen MR) is 119 cm³/mol. The Balaban J connectivity index is 1.85. The number of hydrogen-bond acceptors (Lipinski definition) is 6. The summed E-state index contributed by atoms with van der Waals surface area (Å²) in [6.07, 6.45) is -0.107. The molecule has 8 nitrogen and oxygen atoms in total. The number of anilines is 3. The Kier molecular flexibility index (Phi) is 6.24. The van der Waals surface area contributed by atoms with E-state index in [4.69, 9.17) is 16.3 Å². The minimum Gasteiger partial charge on any atom is -0.358 e. The van der Waals surface area contributed by atoms with Gasteiger partial charge in [-0.2, -0.15) is 0 Å². The highest BCUT2D eigenvalue weighted by atomic mass is 35.5. The van der Waals surface area contributed by atoms with Crippen LogP contribution < -0.4 is 9.62 Å². The van der Waals surface area contributed by atoms with Gasteiger partial charge < -0.3 is 10.1 Å². The van der Waals surface area contributed by atoms with Crippen LogP contribution in [0.1, 0.15) is 37.7 Å². The Morgan fingerprint density at radius 1 is 1.25 bits per heavy atom. The number of aromatic nitrogens is 3. The van der Waals surface area contributed by atoms with Crippen LogP contribution >= 0.6 is 11.6 Å². The number of hydrogen-bond donors (Lipinski definition) is 1. The number of fused-ring (bicyclic) bond motifs is 1. The Hall–Kier alpha value is -2.50. The van der Waals surface area contributed by atoms with Crippen molar-refractivity contribution in [2.24, 2.45) is 0 Å². The molecule has 1 atom stereocenters. The lowest BCUT2D eigenvalue weighted by Gasteiger charge is -2.25. The topological polar surface area (TPSA) is 89.3 Å². The number of imidazole rings is 1. The SMILES string of the molecule is CN(c1ccccc1Nc1cc(Cl)nc2c1nc(C(F)F)n2C1CCCCO1)S(C)(=O)=O. The molecule has 0 radical (unpaired) electrons. The molecule has 0 bridgehead atoms. The van der Waals surface area contributed by atoms with E-state index in [-0.39, 0.29) is 16.3 Å². The first-order valence-corrected chi connectivity index (χ1v) is 12.2. The van der Waals surface area contributed by atoms with Crippen LogP contribution in [0.25, 0.3) is 11.2 Å². The first-order valence-electron chi connectivity index (χ1n) is 9.95. The summed E-state index contributed by atoms with van der Waals surface area (Å²) in [5, 5.41) is 3.18. The molecule has 12 heteroatoms. The Morgan fingerprint density at radius 3 is 2.66 bits per heavy atom. The molecule has 0 spiro atoms. The molecule has 0 aliphatic carbocycles. The van der Waals surface area contributed by atoms with Crippen LogP contribution in [0.15, 0.2) is 30.3 Å². The van der Waals surface area contributed by atoms with Crippen LogP contribution in [0.5, 0.6) is 0 Å². The van der Waals surface area contributed by atoms with Gasteiger partial charge in [-0.15, -0.1) is 0 Å². The van der Waals surface area contributed by atoms with Gasteiger partial charge in [-0.3, -0.25) is 8.87 Å². The summed E-state index contributed by atoms with van der Waals surface area (Å²) in [6.45, 7) is 0.462. The lowest BCUT2D eigenvalue weighted by atomic mass is 10.2. The van der Waals surface area contributed by atoms with Gasteiger partial charge in [0.2, 0.25) is 10.0 Å². The molecule has 0 amide bonds. The monoisotopic (exact) mass is 485 g/mol. The molecule has 1 unspecified atom stereocenters. The van der Waals surface area contributed by atoms with E-state index in [1.54, 1.807) is 24.3 Å². The quantitative estimate of drug-likeness (QED) is 0.501. The molecule has 172 valence electrons. The first-order chi connectivity index (χ1) is 15.2. The molecular formula is C20H22ClF2N5O3S. The minimum absolute atomic E-state index is 0.0757. The van der Waals surface area contributed by atoms with Gasteiger partial charge in [0, 0.05) is 19.7 Å². The molecule has 3 heterocycles. The van der Waals surface area contributed by atoms with Crippen molar-refractivity contribution in [2.75, 3.05) is 29.5 Å². The van der Waals surface area contributed by atoms with Crippen LogP contribution in [0.4, 0.5) is 25.8 Å². The van der Waals surface area contributed by atoms with Gasteiger partial charge in [-0.25, -0.2) is 27.2 Å². The van der Waals surface area contributed by atoms with E-state index in [1.165, 1.54) is 17.7 Å². The van der Waals surface area contributed by atoms with Crippen molar-refractivity contribution in [3.63, 3.8) is 0 Å². The fraction of sp³-hybridized carbons (Fsp3) is 0.400. The molecule has 1 aliphatic rings. The second kappa shape index (κ2) is 8.80. The van der Waals surface area contributed by atoms with Gasteiger partial charge in [-0.05, 0) is 31.4 Å². The van der Waals surface area contributed by atoms with E-state index in [0.29, 0.717) is 30.1 Å². The summed E-state index contributed by atoms with van der Waals surface area (Å²) in [6, 6.07) is 8.19. The van der Waals surface area contributed by atoms with Crippen LogP contribution in [-0.4, -0.2) is 42.9 Å². The van der Waals surface area contributed by atoms with Crippen LogP contribution in [0.3, 0.4) is 0 Å². The molecule has 1 aliphatic heterocycles. The first kappa shape index (κ1) is 22.7. The van der Waals surface area contributed by atoms with Crippen LogP contribution in [-0.2, 0) is 14.8 Å². The van der Waals surface area contributed by atoms with Gasteiger partial charge in [-0.1, -0.05) is 23.7 Å². The molecule has 1 N–H and O–H groups in total. The second-order valence-electron chi connectivity index (χ2n) is 7.50. The lowest BCUT2D eigenvalue weighted by Crippen LogP contribution is -2.25. The maximum absolute atomic E-state index is 13.9. The number of ether oxygens (including phenoxy) is 1. The molecule has 2 aromatic heterocycles. The lowest BCUT2D eigenvalue weighted by molar-refractivity contribution is -0.0363. The molecule has 1 saturated heterocycles. The summed E-state index contributed by atoms with van der Waals surface area (Å²) in [5.74, 6) is -0.453. The highest BCUT2D eigenvalue weighted by Crippen LogP contribution is 2.37. The molecule has 3 aromatic rings. The van der Waals surface area contributed by atoms with E-state index in [1.807, 2.05) is 0 Å². The third-order valence-corrected chi connectivity index (χ3v) is 6.68. The summed E-state index contributed by atoms with van der Waals surface area (Å²) in [5.41, 5.74) is 1.50. The summed E-state index contributed by atoms with van der Waals surface area (Å²) in [4.78, 5) is 8.42. The standard InChI is InChI=1S/C20H22ClF2N5O3S/c1-27(32(2,29)30)14-8-4-3-7-12(14)24-13-11-15(21)25-19-17(13)26-20(18(22)23)28(19)16-9-5-6-10-31-16/h3-4,7-8,11,16,18H,5-6,9-10H2,1-2H3,(H,24,25). The smallest absolute Gasteiger partial charge is 0.295 e. The minimum atomic E-state index is -3.53. The molecule has 1 fully saturated rings. The Bertz CT molecular complexity index is 1250. The van der Waals surface area contributed by atoms with Crippen molar-refractivity contribution in [2.45, 2.75) is 31.9 Å². The van der Waals surface area contributed by atoms with Gasteiger partial charge in [0.15, 0.2) is 11.5 Å². The number of pyridine rings is 1. The highest BCUT2D eigenvalue weighted by Gasteiger charge is 2.29. The third kappa shape index (κ3) is 4.37. The molecule has 0 saturated carbocycles. The van der Waals surface area contributed by atoms with Crippen molar-refractivity contribution in [3.8, 4) is 0 Å². The average molecular weight is 486 g/mol. The molecule has 1 aromatic carbocycles. The van der Waals surface area contributed by atoms with Crippen LogP contribution in [0.2, 0.25) is 5.15 Å². The zero-order chi connectivity index (χ0) is 23.0. The fourth-order valence-corrected chi connectivity index (χ4v) is 4.39. The van der Waals surface area contributed by atoms with E-state index < -0.39 is 28.5 Å². The Labute approximate surface area is 189 Å². The zero-order valence-corrected chi connectivity index (χ0v) is 19.0. The highest BCUT2D eigenvalue weighted by molar-refractivity contribution is 7.92. The number of nitrogens with one attached hydrogen (secondary N) is 1. The van der Waals surface area contributed by atoms with Crippen molar-refractivity contribution in [3.05, 3.63) is 41.3 Å². The van der Waals surface area contributed by atoms with Crippen LogP contribution in [0, 0.1) is 0 Å². The second-order valence-corrected chi connectivity index (χ2v) is 9.90. The van der Waals surface area contributed by atoms with E-state index in [0.717, 1.165) is 23.4 Å². The maximum atomic E-state index is 13.9. The molecule has 4 rings (SSSR count). The fourth-order valence-electron chi connectivity index (χ4n) is 3.69. The maximum Gasteiger partial charge on any atom is 0.295 e. The number of nitrogens with zero attached hydrogens (tertiary/aromatic N) is 4. The van der Waals surface area contributed by atoms with Gasteiger partial charge in [0.1, 0.15) is 16.9 Å². The van der Waals surface area contributed by atoms with E-state index >= 15 is 0 Å². The average Bonchev–Trinajstić information content (AvgIpc) is 3.13. The number of benzene rings is 1. The number of rotatable bonds is 6. The van der Waals surface area contributed by atoms with Crippen molar-refractivity contribution < 1.29 is 21.9 Å². The number of para-hydroxylation sites is 2. The normalized spacial score (nSPS) is 17.1. The van der Waals surface area contributed by atoms with Crippen molar-refractivity contribution in [1.29, 1.82) is 0 Å². The third-order valence-electron chi connectivity index (χ3n) is 5.29. The summed E-state index contributed by atoms with van der Waals surface area (Å²) in [7, 11) is -2.10. The zero-order valence-electron chi connectivity index (χ0n) is 17.4. The number of halogens is 3. The molecular weight excluding hydrogens is 464 g/mol. The van der Waals surface area contributed by atoms with Gasteiger partial charge >= 0.3 is 0 Å². The van der Waals surface area contributed by atoms with Crippen molar-refractivity contribution in [1.82, 2.24) is 14.5 Å². The van der Waals surface area contributed by atoms with E-state index in [2.05, 4.69) is 15.3 Å².